The lowest BCUT2D eigenvalue weighted by Crippen LogP contribution is -2.32. The van der Waals surface area contributed by atoms with Gasteiger partial charge in [-0.1, -0.05) is 18.2 Å². The number of hydrogen-bond donors (Lipinski definition) is 1. The first-order chi connectivity index (χ1) is 13.2. The second kappa shape index (κ2) is 7.50. The van der Waals surface area contributed by atoms with Gasteiger partial charge in [0.2, 0.25) is 0 Å². The lowest BCUT2D eigenvalue weighted by atomic mass is 10.00. The number of fused-ring (bicyclic) bond motifs is 1. The Labute approximate surface area is 156 Å². The van der Waals surface area contributed by atoms with Crippen LogP contribution in [0.25, 0.3) is 0 Å². The molecule has 1 N–H and O–H groups in total. The zero-order valence-electron chi connectivity index (χ0n) is 14.5. The van der Waals surface area contributed by atoms with Crippen LogP contribution in [-0.2, 0) is 0 Å². The lowest BCUT2D eigenvalue weighted by molar-refractivity contribution is 0.0925. The van der Waals surface area contributed by atoms with Gasteiger partial charge < -0.3 is 14.8 Å². The molecular formula is C22H18FNO3. The number of para-hydroxylation sites is 1. The van der Waals surface area contributed by atoms with Gasteiger partial charge in [0.1, 0.15) is 23.1 Å². The highest BCUT2D eigenvalue weighted by Crippen LogP contribution is 2.31. The number of nitrogens with one attached hydrogen (secondary N) is 1. The first-order valence-electron chi connectivity index (χ1n) is 8.75. The molecule has 1 atom stereocenters. The van der Waals surface area contributed by atoms with Crippen molar-refractivity contribution < 1.29 is 18.7 Å². The molecule has 3 aromatic carbocycles. The van der Waals surface area contributed by atoms with Crippen LogP contribution >= 0.6 is 0 Å². The van der Waals surface area contributed by atoms with Gasteiger partial charge in [-0.15, -0.1) is 0 Å². The second-order valence-electron chi connectivity index (χ2n) is 6.28. The van der Waals surface area contributed by atoms with Crippen molar-refractivity contribution in [2.45, 2.75) is 12.5 Å². The van der Waals surface area contributed by atoms with Crippen LogP contribution in [0.5, 0.6) is 17.2 Å². The van der Waals surface area contributed by atoms with Gasteiger partial charge in [-0.3, -0.25) is 4.79 Å². The van der Waals surface area contributed by atoms with Crippen molar-refractivity contribution >= 4 is 5.91 Å². The van der Waals surface area contributed by atoms with Crippen LogP contribution in [0.2, 0.25) is 0 Å². The number of amides is 1. The number of rotatable bonds is 4. The molecule has 4 nitrogen and oxygen atoms in total. The van der Waals surface area contributed by atoms with E-state index in [0.717, 1.165) is 17.7 Å². The van der Waals surface area contributed by atoms with Crippen LogP contribution in [0.4, 0.5) is 4.39 Å². The molecule has 0 saturated carbocycles. The minimum Gasteiger partial charge on any atom is -0.493 e. The van der Waals surface area contributed by atoms with E-state index in [4.69, 9.17) is 9.47 Å². The Balaban J connectivity index is 1.43. The number of benzene rings is 3. The third kappa shape index (κ3) is 3.92. The van der Waals surface area contributed by atoms with Crippen LogP contribution < -0.4 is 14.8 Å². The summed E-state index contributed by atoms with van der Waals surface area (Å²) in [5, 5.41) is 3.07. The fourth-order valence-electron chi connectivity index (χ4n) is 3.05. The lowest BCUT2D eigenvalue weighted by Gasteiger charge is -2.26. The third-order valence-corrected chi connectivity index (χ3v) is 4.43. The molecule has 1 amide bonds. The van der Waals surface area contributed by atoms with E-state index >= 15 is 0 Å². The summed E-state index contributed by atoms with van der Waals surface area (Å²) in [5.74, 6) is 1.47. The van der Waals surface area contributed by atoms with Crippen molar-refractivity contribution in [2.75, 3.05) is 6.61 Å². The van der Waals surface area contributed by atoms with Crippen molar-refractivity contribution in [2.24, 2.45) is 0 Å². The number of carbonyl (C=O) groups excluding carboxylic acids is 1. The van der Waals surface area contributed by atoms with Crippen LogP contribution in [0.3, 0.4) is 0 Å². The van der Waals surface area contributed by atoms with E-state index in [-0.39, 0.29) is 17.8 Å². The smallest absolute Gasteiger partial charge is 0.251 e. The predicted molar refractivity (Wildman–Crippen MR) is 99.7 cm³/mol. The third-order valence-electron chi connectivity index (χ3n) is 4.43. The van der Waals surface area contributed by atoms with Crippen molar-refractivity contribution in [1.29, 1.82) is 0 Å². The minimum absolute atomic E-state index is 0.0717. The van der Waals surface area contributed by atoms with E-state index in [1.54, 1.807) is 36.4 Å². The largest absolute Gasteiger partial charge is 0.493 e. The average molecular weight is 363 g/mol. The number of halogens is 1. The molecule has 0 radical (unpaired) electrons. The molecule has 0 saturated heterocycles. The highest BCUT2D eigenvalue weighted by atomic mass is 19.1. The first-order valence-corrected chi connectivity index (χ1v) is 8.75. The summed E-state index contributed by atoms with van der Waals surface area (Å²) in [6.07, 6.45) is 0.731. The average Bonchev–Trinajstić information content (AvgIpc) is 2.70. The highest BCUT2D eigenvalue weighted by Gasteiger charge is 2.23. The number of carbonyl (C=O) groups is 1. The standard InChI is InChI=1S/C22H18FNO3/c23-16-7-11-18(12-8-16)27-17-9-5-15(6-10-17)22(25)24-20-13-14-26-21-4-2-1-3-19(20)21/h1-12,20H,13-14H2,(H,24,25). The molecule has 1 heterocycles. The van der Waals surface area contributed by atoms with Gasteiger partial charge in [0.15, 0.2) is 0 Å². The van der Waals surface area contributed by atoms with Gasteiger partial charge in [-0.05, 0) is 54.6 Å². The molecule has 4 rings (SSSR count). The van der Waals surface area contributed by atoms with Crippen LogP contribution in [0, 0.1) is 5.82 Å². The van der Waals surface area contributed by atoms with Gasteiger partial charge in [0.05, 0.1) is 12.6 Å². The van der Waals surface area contributed by atoms with Crippen molar-refractivity contribution in [3.8, 4) is 17.2 Å². The van der Waals surface area contributed by atoms with Crippen molar-refractivity contribution in [1.82, 2.24) is 5.32 Å². The van der Waals surface area contributed by atoms with Gasteiger partial charge >= 0.3 is 0 Å². The molecule has 0 fully saturated rings. The normalized spacial score (nSPS) is 15.4. The van der Waals surface area contributed by atoms with E-state index in [1.165, 1.54) is 12.1 Å². The van der Waals surface area contributed by atoms with E-state index < -0.39 is 0 Å². The molecule has 0 spiro atoms. The Morgan fingerprint density at radius 1 is 0.963 bits per heavy atom. The fourth-order valence-corrected chi connectivity index (χ4v) is 3.05. The van der Waals surface area contributed by atoms with Crippen LogP contribution in [0.15, 0.2) is 72.8 Å². The van der Waals surface area contributed by atoms with Crippen LogP contribution in [0.1, 0.15) is 28.4 Å². The molecule has 136 valence electrons. The Morgan fingerprint density at radius 3 is 2.37 bits per heavy atom. The molecule has 0 aromatic heterocycles. The predicted octanol–water partition coefficient (Wildman–Crippen LogP) is 4.87. The molecule has 5 heteroatoms. The summed E-state index contributed by atoms with van der Waals surface area (Å²) in [6, 6.07) is 20.3. The number of ether oxygens (including phenoxy) is 2. The quantitative estimate of drug-likeness (QED) is 0.719. The minimum atomic E-state index is -0.316. The van der Waals surface area contributed by atoms with E-state index in [1.807, 2.05) is 24.3 Å². The maximum absolute atomic E-state index is 12.9. The maximum Gasteiger partial charge on any atom is 0.251 e. The summed E-state index contributed by atoms with van der Waals surface area (Å²) < 4.78 is 24.2. The molecule has 0 aliphatic carbocycles. The summed E-state index contributed by atoms with van der Waals surface area (Å²) >= 11 is 0. The molecule has 3 aromatic rings. The summed E-state index contributed by atoms with van der Waals surface area (Å²) in [5.41, 5.74) is 1.54. The van der Waals surface area contributed by atoms with Gasteiger partial charge in [0.25, 0.3) is 5.91 Å². The molecule has 27 heavy (non-hydrogen) atoms. The molecule has 1 aliphatic heterocycles. The van der Waals surface area contributed by atoms with Crippen molar-refractivity contribution in [3.63, 3.8) is 0 Å². The monoisotopic (exact) mass is 363 g/mol. The fraction of sp³-hybridized carbons (Fsp3) is 0.136. The van der Waals surface area contributed by atoms with E-state index in [0.29, 0.717) is 23.7 Å². The van der Waals surface area contributed by atoms with E-state index in [9.17, 15) is 9.18 Å². The molecule has 1 unspecified atom stereocenters. The molecular weight excluding hydrogens is 345 g/mol. The van der Waals surface area contributed by atoms with Crippen molar-refractivity contribution in [3.05, 3.63) is 89.7 Å². The summed E-state index contributed by atoms with van der Waals surface area (Å²) in [6.45, 7) is 0.576. The number of hydrogen-bond acceptors (Lipinski definition) is 3. The first kappa shape index (κ1) is 17.1. The summed E-state index contributed by atoms with van der Waals surface area (Å²) in [4.78, 5) is 12.6. The van der Waals surface area contributed by atoms with Crippen LogP contribution in [-0.4, -0.2) is 12.5 Å². The summed E-state index contributed by atoms with van der Waals surface area (Å²) in [7, 11) is 0. The zero-order chi connectivity index (χ0) is 18.6. The maximum atomic E-state index is 12.9. The van der Waals surface area contributed by atoms with Gasteiger partial charge in [-0.2, -0.15) is 0 Å². The van der Waals surface area contributed by atoms with E-state index in [2.05, 4.69) is 5.32 Å². The highest BCUT2D eigenvalue weighted by molar-refractivity contribution is 5.94. The topological polar surface area (TPSA) is 47.6 Å². The zero-order valence-corrected chi connectivity index (χ0v) is 14.5. The molecule has 1 aliphatic rings. The molecule has 0 bridgehead atoms. The second-order valence-corrected chi connectivity index (χ2v) is 6.28. The Kier molecular flexibility index (Phi) is 4.75. The Hall–Kier alpha value is -3.34. The SMILES string of the molecule is O=C(NC1CCOc2ccccc21)c1ccc(Oc2ccc(F)cc2)cc1. The Bertz CT molecular complexity index is 939. The van der Waals surface area contributed by atoms with Gasteiger partial charge in [0, 0.05) is 17.5 Å². The Morgan fingerprint density at radius 2 is 1.63 bits per heavy atom. The van der Waals surface area contributed by atoms with Gasteiger partial charge in [-0.25, -0.2) is 4.39 Å².